The normalized spacial score (nSPS) is 25.4. The summed E-state index contributed by atoms with van der Waals surface area (Å²) >= 11 is 0. The minimum atomic E-state index is 0.0662. The van der Waals surface area contributed by atoms with E-state index in [1.165, 1.54) is 5.56 Å². The number of nitrogens with zero attached hydrogens (tertiary/aromatic N) is 1. The molecule has 1 aromatic rings. The van der Waals surface area contributed by atoms with Gasteiger partial charge in [0.1, 0.15) is 0 Å². The van der Waals surface area contributed by atoms with Gasteiger partial charge in [-0.15, -0.1) is 0 Å². The third kappa shape index (κ3) is 4.10. The predicted octanol–water partition coefficient (Wildman–Crippen LogP) is 1.83. The molecule has 1 saturated carbocycles. The van der Waals surface area contributed by atoms with Crippen LogP contribution in [0.5, 0.6) is 0 Å². The standard InChI is InChI=1S/C18H27N3O2/c19-12-14-5-3-6-16(14)18(22)20-17-7-2-1-4-15(17)13-21-8-10-23-11-9-21/h1-2,4,7,14,16H,3,5-6,8-13,19H2,(H,20,22)/t14-,16-/m1/s1. The summed E-state index contributed by atoms with van der Waals surface area (Å²) in [6, 6.07) is 8.11. The molecule has 0 aromatic heterocycles. The first-order valence-corrected chi connectivity index (χ1v) is 8.67. The topological polar surface area (TPSA) is 67.6 Å². The highest BCUT2D eigenvalue weighted by Gasteiger charge is 2.32. The van der Waals surface area contributed by atoms with Crippen LogP contribution in [0.3, 0.4) is 0 Å². The average molecular weight is 317 g/mol. The van der Waals surface area contributed by atoms with Crippen molar-refractivity contribution in [2.75, 3.05) is 38.2 Å². The van der Waals surface area contributed by atoms with Gasteiger partial charge < -0.3 is 15.8 Å². The highest BCUT2D eigenvalue weighted by molar-refractivity contribution is 5.93. The molecule has 1 saturated heterocycles. The molecule has 3 N–H and O–H groups in total. The zero-order valence-electron chi connectivity index (χ0n) is 13.7. The van der Waals surface area contributed by atoms with E-state index in [4.69, 9.17) is 10.5 Å². The minimum absolute atomic E-state index is 0.0662. The number of para-hydroxylation sites is 1. The Labute approximate surface area is 138 Å². The summed E-state index contributed by atoms with van der Waals surface area (Å²) in [6.45, 7) is 4.92. The van der Waals surface area contributed by atoms with Crippen LogP contribution < -0.4 is 11.1 Å². The van der Waals surface area contributed by atoms with Crippen molar-refractivity contribution in [2.24, 2.45) is 17.6 Å². The van der Waals surface area contributed by atoms with E-state index in [-0.39, 0.29) is 11.8 Å². The lowest BCUT2D eigenvalue weighted by Gasteiger charge is -2.27. The molecule has 0 radical (unpaired) electrons. The molecule has 2 fully saturated rings. The molecule has 126 valence electrons. The largest absolute Gasteiger partial charge is 0.379 e. The number of rotatable bonds is 5. The van der Waals surface area contributed by atoms with Gasteiger partial charge in [0.2, 0.25) is 5.91 Å². The molecule has 5 nitrogen and oxygen atoms in total. The number of hydrogen-bond acceptors (Lipinski definition) is 4. The highest BCUT2D eigenvalue weighted by Crippen LogP contribution is 2.32. The van der Waals surface area contributed by atoms with Crippen LogP contribution in [0.2, 0.25) is 0 Å². The lowest BCUT2D eigenvalue weighted by atomic mass is 9.95. The third-order valence-corrected chi connectivity index (χ3v) is 5.07. The Morgan fingerprint density at radius 1 is 1.26 bits per heavy atom. The zero-order chi connectivity index (χ0) is 16.1. The number of amides is 1. The lowest BCUT2D eigenvalue weighted by molar-refractivity contribution is -0.120. The maximum atomic E-state index is 12.6. The van der Waals surface area contributed by atoms with E-state index < -0.39 is 0 Å². The maximum Gasteiger partial charge on any atom is 0.227 e. The summed E-state index contributed by atoms with van der Waals surface area (Å²) in [6.07, 6.45) is 3.14. The summed E-state index contributed by atoms with van der Waals surface area (Å²) in [5, 5.41) is 3.15. The molecule has 2 aliphatic rings. The van der Waals surface area contributed by atoms with E-state index in [0.29, 0.717) is 12.5 Å². The minimum Gasteiger partial charge on any atom is -0.379 e. The predicted molar refractivity (Wildman–Crippen MR) is 91.1 cm³/mol. The van der Waals surface area contributed by atoms with Gasteiger partial charge >= 0.3 is 0 Å². The van der Waals surface area contributed by atoms with Crippen LogP contribution in [-0.4, -0.2) is 43.7 Å². The summed E-state index contributed by atoms with van der Waals surface area (Å²) in [7, 11) is 0. The Bertz CT molecular complexity index is 529. The quantitative estimate of drug-likeness (QED) is 0.869. The molecule has 2 atom stereocenters. The van der Waals surface area contributed by atoms with Crippen molar-refractivity contribution in [3.63, 3.8) is 0 Å². The second kappa shape index (κ2) is 7.90. The van der Waals surface area contributed by atoms with Crippen molar-refractivity contribution in [3.8, 4) is 0 Å². The van der Waals surface area contributed by atoms with Crippen LogP contribution in [0.1, 0.15) is 24.8 Å². The van der Waals surface area contributed by atoms with Gasteiger partial charge in [-0.3, -0.25) is 9.69 Å². The lowest BCUT2D eigenvalue weighted by Crippen LogP contribution is -2.36. The van der Waals surface area contributed by atoms with Gasteiger partial charge in [-0.25, -0.2) is 0 Å². The number of ether oxygens (including phenoxy) is 1. The highest BCUT2D eigenvalue weighted by atomic mass is 16.5. The first-order chi connectivity index (χ1) is 11.3. The van der Waals surface area contributed by atoms with Crippen LogP contribution >= 0.6 is 0 Å². The third-order valence-electron chi connectivity index (χ3n) is 5.07. The van der Waals surface area contributed by atoms with E-state index in [1.807, 2.05) is 18.2 Å². The van der Waals surface area contributed by atoms with Crippen LogP contribution in [-0.2, 0) is 16.1 Å². The van der Waals surface area contributed by atoms with Gasteiger partial charge in [-0.2, -0.15) is 0 Å². The maximum absolute atomic E-state index is 12.6. The molecule has 0 spiro atoms. The van der Waals surface area contributed by atoms with Crippen molar-refractivity contribution >= 4 is 11.6 Å². The second-order valence-electron chi connectivity index (χ2n) is 6.57. The number of carbonyl (C=O) groups excluding carboxylic acids is 1. The molecule has 0 unspecified atom stereocenters. The number of anilines is 1. The van der Waals surface area contributed by atoms with Crippen molar-refractivity contribution < 1.29 is 9.53 Å². The number of hydrogen-bond donors (Lipinski definition) is 2. The number of nitrogens with two attached hydrogens (primary N) is 1. The average Bonchev–Trinajstić information content (AvgIpc) is 3.06. The number of morpholine rings is 1. The summed E-state index contributed by atoms with van der Waals surface area (Å²) in [5.74, 6) is 0.533. The summed E-state index contributed by atoms with van der Waals surface area (Å²) in [4.78, 5) is 15.0. The van der Waals surface area contributed by atoms with E-state index in [1.54, 1.807) is 0 Å². The number of benzene rings is 1. The van der Waals surface area contributed by atoms with Crippen LogP contribution in [0.4, 0.5) is 5.69 Å². The molecule has 3 rings (SSSR count). The van der Waals surface area contributed by atoms with Crippen molar-refractivity contribution in [2.45, 2.75) is 25.8 Å². The zero-order valence-corrected chi connectivity index (χ0v) is 13.7. The second-order valence-corrected chi connectivity index (χ2v) is 6.57. The van der Waals surface area contributed by atoms with E-state index in [0.717, 1.165) is 57.8 Å². The smallest absolute Gasteiger partial charge is 0.227 e. The Hall–Kier alpha value is -1.43. The van der Waals surface area contributed by atoms with Gasteiger partial charge in [0.05, 0.1) is 13.2 Å². The summed E-state index contributed by atoms with van der Waals surface area (Å²) < 4.78 is 5.40. The Balaban J connectivity index is 1.66. The van der Waals surface area contributed by atoms with E-state index in [9.17, 15) is 4.79 Å². The number of nitrogens with one attached hydrogen (secondary N) is 1. The molecule has 1 amide bonds. The van der Waals surface area contributed by atoms with Gasteiger partial charge in [0.15, 0.2) is 0 Å². The summed E-state index contributed by atoms with van der Waals surface area (Å²) in [5.41, 5.74) is 7.92. The monoisotopic (exact) mass is 317 g/mol. The Morgan fingerprint density at radius 2 is 2.04 bits per heavy atom. The fourth-order valence-electron chi connectivity index (χ4n) is 3.67. The van der Waals surface area contributed by atoms with Crippen LogP contribution in [0, 0.1) is 11.8 Å². The van der Waals surface area contributed by atoms with Crippen molar-refractivity contribution in [3.05, 3.63) is 29.8 Å². The van der Waals surface area contributed by atoms with Crippen LogP contribution in [0.25, 0.3) is 0 Å². The molecule has 1 heterocycles. The first-order valence-electron chi connectivity index (χ1n) is 8.67. The van der Waals surface area contributed by atoms with E-state index in [2.05, 4.69) is 16.3 Å². The van der Waals surface area contributed by atoms with Gasteiger partial charge in [0.25, 0.3) is 0 Å². The Morgan fingerprint density at radius 3 is 2.83 bits per heavy atom. The molecule has 0 bridgehead atoms. The SMILES string of the molecule is NC[C@H]1CCC[C@H]1C(=O)Nc1ccccc1CN1CCOCC1. The fourth-order valence-corrected chi connectivity index (χ4v) is 3.67. The van der Waals surface area contributed by atoms with E-state index >= 15 is 0 Å². The number of carbonyl (C=O) groups is 1. The molecule has 5 heteroatoms. The van der Waals surface area contributed by atoms with Crippen LogP contribution in [0.15, 0.2) is 24.3 Å². The fraction of sp³-hybridized carbons (Fsp3) is 0.611. The molecule has 23 heavy (non-hydrogen) atoms. The molecular formula is C18H27N3O2. The molecule has 1 aliphatic heterocycles. The van der Waals surface area contributed by atoms with Gasteiger partial charge in [-0.1, -0.05) is 24.6 Å². The van der Waals surface area contributed by atoms with Crippen molar-refractivity contribution in [1.82, 2.24) is 4.90 Å². The molecule has 1 aliphatic carbocycles. The molecular weight excluding hydrogens is 290 g/mol. The molecule has 1 aromatic carbocycles. The first kappa shape index (κ1) is 16.4. The van der Waals surface area contributed by atoms with Crippen molar-refractivity contribution in [1.29, 1.82) is 0 Å². The van der Waals surface area contributed by atoms with Gasteiger partial charge in [0, 0.05) is 31.2 Å². The Kier molecular flexibility index (Phi) is 5.65. The van der Waals surface area contributed by atoms with Gasteiger partial charge in [-0.05, 0) is 36.9 Å².